The molecule has 35 heavy (non-hydrogen) atoms. The molecule has 4 rings (SSSR count). The lowest BCUT2D eigenvalue weighted by Crippen LogP contribution is -2.45. The Labute approximate surface area is 202 Å². The highest BCUT2D eigenvalue weighted by molar-refractivity contribution is 5.88. The molecule has 180 valence electrons. The van der Waals surface area contributed by atoms with Crippen LogP contribution in [0.4, 0.5) is 4.39 Å². The zero-order valence-electron chi connectivity index (χ0n) is 19.0. The van der Waals surface area contributed by atoms with Gasteiger partial charge in [-0.25, -0.2) is 14.2 Å². The van der Waals surface area contributed by atoms with Gasteiger partial charge in [0.15, 0.2) is 0 Å². The average molecular weight is 476 g/mol. The molecule has 1 unspecified atom stereocenters. The molecule has 4 aromatic rings. The smallest absolute Gasteiger partial charge is 0.326 e. The number of aliphatic carboxylic acids is 1. The van der Waals surface area contributed by atoms with Crippen LogP contribution in [0.25, 0.3) is 10.8 Å². The van der Waals surface area contributed by atoms with Crippen molar-refractivity contribution in [2.75, 3.05) is 6.61 Å². The summed E-state index contributed by atoms with van der Waals surface area (Å²) < 4.78 is 18.9. The fourth-order valence-electron chi connectivity index (χ4n) is 4.02. The summed E-state index contributed by atoms with van der Waals surface area (Å²) in [6, 6.07) is 18.4. The van der Waals surface area contributed by atoms with Crippen LogP contribution in [0, 0.1) is 11.7 Å². The Balaban J connectivity index is 1.51. The van der Waals surface area contributed by atoms with Crippen LogP contribution in [0.3, 0.4) is 0 Å². The molecule has 8 heteroatoms. The van der Waals surface area contributed by atoms with E-state index < -0.39 is 17.9 Å². The minimum Gasteiger partial charge on any atom is -0.494 e. The molecule has 3 N–H and O–H groups in total. The third-order valence-electron chi connectivity index (χ3n) is 5.86. The van der Waals surface area contributed by atoms with Gasteiger partial charge in [-0.1, -0.05) is 42.5 Å². The first-order valence-corrected chi connectivity index (χ1v) is 11.3. The summed E-state index contributed by atoms with van der Waals surface area (Å²) in [4.78, 5) is 31.9. The molecular formula is C27H26FN3O4. The molecule has 3 aromatic carbocycles. The van der Waals surface area contributed by atoms with Crippen molar-refractivity contribution in [2.24, 2.45) is 5.92 Å². The molecule has 0 saturated carbocycles. The molecule has 0 fully saturated rings. The van der Waals surface area contributed by atoms with Gasteiger partial charge in [0.1, 0.15) is 17.6 Å². The first-order chi connectivity index (χ1) is 17.0. The van der Waals surface area contributed by atoms with Crippen molar-refractivity contribution in [3.8, 4) is 5.75 Å². The second kappa shape index (κ2) is 11.3. The van der Waals surface area contributed by atoms with Crippen LogP contribution in [-0.4, -0.2) is 39.6 Å². The number of imidazole rings is 1. The predicted octanol–water partition coefficient (Wildman–Crippen LogP) is 4.14. The number of aromatic nitrogens is 2. The fourth-order valence-corrected chi connectivity index (χ4v) is 4.02. The van der Waals surface area contributed by atoms with Gasteiger partial charge in [-0.15, -0.1) is 0 Å². The van der Waals surface area contributed by atoms with Crippen LogP contribution in [0.15, 0.2) is 79.3 Å². The van der Waals surface area contributed by atoms with E-state index in [1.807, 2.05) is 42.5 Å². The molecular weight excluding hydrogens is 449 g/mol. The molecule has 0 aliphatic rings. The SMILES string of the molecule is O=C(N[C@@H](Cc1cnc[nH]1)C(=O)O)C(CCOc1ccc(F)cc1)Cc1cccc2ccccc12. The van der Waals surface area contributed by atoms with Gasteiger partial charge in [0.25, 0.3) is 0 Å². The van der Waals surface area contributed by atoms with E-state index in [9.17, 15) is 19.1 Å². The third kappa shape index (κ3) is 6.44. The van der Waals surface area contributed by atoms with Crippen molar-refractivity contribution in [1.82, 2.24) is 15.3 Å². The molecule has 7 nitrogen and oxygen atoms in total. The summed E-state index contributed by atoms with van der Waals surface area (Å²) in [5, 5.41) is 14.5. The van der Waals surface area contributed by atoms with E-state index in [4.69, 9.17) is 4.74 Å². The van der Waals surface area contributed by atoms with Crippen LogP contribution in [0.1, 0.15) is 17.7 Å². The topological polar surface area (TPSA) is 104 Å². The highest BCUT2D eigenvalue weighted by Gasteiger charge is 2.26. The van der Waals surface area contributed by atoms with E-state index in [2.05, 4.69) is 15.3 Å². The Bertz CT molecular complexity index is 1270. The molecule has 0 saturated heterocycles. The summed E-state index contributed by atoms with van der Waals surface area (Å²) in [7, 11) is 0. The van der Waals surface area contributed by atoms with Gasteiger partial charge in [-0.2, -0.15) is 0 Å². The number of nitrogens with one attached hydrogen (secondary N) is 2. The lowest BCUT2D eigenvalue weighted by Gasteiger charge is -2.21. The van der Waals surface area contributed by atoms with E-state index in [0.29, 0.717) is 24.3 Å². The van der Waals surface area contributed by atoms with E-state index in [0.717, 1.165) is 16.3 Å². The van der Waals surface area contributed by atoms with E-state index in [-0.39, 0.29) is 24.8 Å². The maximum atomic E-state index is 13.3. The predicted molar refractivity (Wildman–Crippen MR) is 130 cm³/mol. The molecule has 0 spiro atoms. The van der Waals surface area contributed by atoms with Crippen LogP contribution in [0.5, 0.6) is 5.75 Å². The zero-order chi connectivity index (χ0) is 24.6. The number of hydrogen-bond donors (Lipinski definition) is 3. The number of carbonyl (C=O) groups is 2. The molecule has 0 radical (unpaired) electrons. The summed E-state index contributed by atoms with van der Waals surface area (Å²) in [6.07, 6.45) is 3.85. The highest BCUT2D eigenvalue weighted by atomic mass is 19.1. The van der Waals surface area contributed by atoms with E-state index in [1.165, 1.54) is 36.8 Å². The van der Waals surface area contributed by atoms with Crippen molar-refractivity contribution in [1.29, 1.82) is 0 Å². The minimum atomic E-state index is -1.13. The highest BCUT2D eigenvalue weighted by Crippen LogP contribution is 2.23. The number of fused-ring (bicyclic) bond motifs is 1. The minimum absolute atomic E-state index is 0.0914. The number of rotatable bonds is 11. The second-order valence-electron chi connectivity index (χ2n) is 8.31. The maximum Gasteiger partial charge on any atom is 0.326 e. The summed E-state index contributed by atoms with van der Waals surface area (Å²) in [5.41, 5.74) is 1.61. The van der Waals surface area contributed by atoms with Gasteiger partial charge in [-0.05, 0) is 53.4 Å². The van der Waals surface area contributed by atoms with Crippen molar-refractivity contribution in [3.63, 3.8) is 0 Å². The van der Waals surface area contributed by atoms with Crippen molar-refractivity contribution < 1.29 is 23.8 Å². The van der Waals surface area contributed by atoms with E-state index >= 15 is 0 Å². The summed E-state index contributed by atoms with van der Waals surface area (Å²) in [6.45, 7) is 0.215. The van der Waals surface area contributed by atoms with Gasteiger partial charge in [0.2, 0.25) is 5.91 Å². The Kier molecular flexibility index (Phi) is 7.72. The average Bonchev–Trinajstić information content (AvgIpc) is 3.37. The van der Waals surface area contributed by atoms with Crippen LogP contribution in [-0.2, 0) is 22.4 Å². The third-order valence-corrected chi connectivity index (χ3v) is 5.86. The number of hydrogen-bond acceptors (Lipinski definition) is 4. The second-order valence-corrected chi connectivity index (χ2v) is 8.31. The Morgan fingerprint density at radius 3 is 2.54 bits per heavy atom. The molecule has 0 bridgehead atoms. The quantitative estimate of drug-likeness (QED) is 0.302. The summed E-state index contributed by atoms with van der Waals surface area (Å²) >= 11 is 0. The van der Waals surface area contributed by atoms with Gasteiger partial charge in [0, 0.05) is 24.2 Å². The van der Waals surface area contributed by atoms with Gasteiger partial charge in [0.05, 0.1) is 12.9 Å². The molecule has 0 aliphatic carbocycles. The number of aromatic amines is 1. The fraction of sp³-hybridized carbons (Fsp3) is 0.222. The number of ether oxygens (including phenoxy) is 1. The Morgan fingerprint density at radius 1 is 1.03 bits per heavy atom. The van der Waals surface area contributed by atoms with Crippen molar-refractivity contribution >= 4 is 22.6 Å². The number of amides is 1. The van der Waals surface area contributed by atoms with Crippen LogP contribution in [0.2, 0.25) is 0 Å². The molecule has 1 amide bonds. The zero-order valence-corrected chi connectivity index (χ0v) is 19.0. The van der Waals surface area contributed by atoms with Gasteiger partial charge < -0.3 is 20.1 Å². The Morgan fingerprint density at radius 2 is 1.80 bits per heavy atom. The normalized spacial score (nSPS) is 12.7. The Hall–Kier alpha value is -4.20. The van der Waals surface area contributed by atoms with Crippen molar-refractivity contribution in [3.05, 3.63) is 96.3 Å². The number of carbonyl (C=O) groups excluding carboxylic acids is 1. The number of carboxylic acids is 1. The van der Waals surface area contributed by atoms with Crippen LogP contribution >= 0.6 is 0 Å². The molecule has 2 atom stereocenters. The molecule has 0 aliphatic heterocycles. The number of benzene rings is 3. The standard InChI is InChI=1S/C27H26FN3O4/c28-21-8-10-23(11-9-21)35-13-12-20(14-19-6-3-5-18-4-1-2-7-24(18)19)26(32)31-25(27(33)34)15-22-16-29-17-30-22/h1-11,16-17,20,25H,12-15H2,(H,29,30)(H,31,32)(H,33,34)/t20?,25-/m0/s1. The first kappa shape index (κ1) is 23.9. The van der Waals surface area contributed by atoms with E-state index in [1.54, 1.807) is 0 Å². The number of carboxylic acid groups (broad SMARTS) is 1. The molecule has 1 heterocycles. The monoisotopic (exact) mass is 475 g/mol. The summed E-state index contributed by atoms with van der Waals surface area (Å²) in [5.74, 6) is -1.89. The lowest BCUT2D eigenvalue weighted by atomic mass is 9.92. The molecule has 1 aromatic heterocycles. The van der Waals surface area contributed by atoms with Gasteiger partial charge >= 0.3 is 5.97 Å². The number of nitrogens with zero attached hydrogens (tertiary/aromatic N) is 1. The largest absolute Gasteiger partial charge is 0.494 e. The maximum absolute atomic E-state index is 13.3. The van der Waals surface area contributed by atoms with Gasteiger partial charge in [-0.3, -0.25) is 4.79 Å². The van der Waals surface area contributed by atoms with Crippen molar-refractivity contribution in [2.45, 2.75) is 25.3 Å². The number of halogens is 1. The lowest BCUT2D eigenvalue weighted by molar-refractivity contribution is -0.142. The first-order valence-electron chi connectivity index (χ1n) is 11.3. The van der Waals surface area contributed by atoms with Crippen LogP contribution < -0.4 is 10.1 Å². The number of H-pyrrole nitrogens is 1.